The van der Waals surface area contributed by atoms with Crippen LogP contribution < -0.4 is 29.4 Å². The van der Waals surface area contributed by atoms with Crippen LogP contribution in [0.5, 0.6) is 0 Å². The number of anilines is 15. The van der Waals surface area contributed by atoms with Crippen molar-refractivity contribution in [3.63, 3.8) is 0 Å². The van der Waals surface area contributed by atoms with Crippen LogP contribution in [0.2, 0.25) is 0 Å². The number of rotatable bonds is 15. The Bertz CT molecular complexity index is 6500. The Morgan fingerprint density at radius 3 is 0.619 bits per heavy atom. The number of fused-ring (bicyclic) bond motifs is 8. The first-order chi connectivity index (χ1) is 55.8. The molecule has 0 unspecified atom stereocenters. The van der Waals surface area contributed by atoms with Gasteiger partial charge in [0.25, 0.3) is 0 Å². The summed E-state index contributed by atoms with van der Waals surface area (Å²) in [4.78, 5) is 13.9. The van der Waals surface area contributed by atoms with Gasteiger partial charge in [0.1, 0.15) is 0 Å². The highest BCUT2D eigenvalue weighted by atomic mass is 15.2. The smallest absolute Gasteiger partial charge is 0.0540 e. The molecule has 0 aromatic heterocycles. The molecule has 113 heavy (non-hydrogen) atoms. The number of para-hydroxylation sites is 1. The van der Waals surface area contributed by atoms with Crippen LogP contribution in [0.3, 0.4) is 0 Å². The van der Waals surface area contributed by atoms with Crippen LogP contribution in [0.1, 0.15) is 0 Å². The lowest BCUT2D eigenvalue weighted by molar-refractivity contribution is 1.20. The maximum absolute atomic E-state index is 2.40. The van der Waals surface area contributed by atoms with Gasteiger partial charge in [-0.15, -0.1) is 0 Å². The van der Waals surface area contributed by atoms with E-state index in [4.69, 9.17) is 0 Å². The standard InChI is InChI=1S/2C37H28N2.C33H26N2/c1-38(35-20-8-14-27-11-2-5-17-32(27)35)30-23-25-31(26-24-30)39(36-21-9-15-28-12-3-6-18-33(28)36)37-22-10-16-29-13-4-7-19-34(29)37;1-38(33-21-20-27-10-2-3-13-30(27)26-33)31-22-24-32(25-23-31)39(36-18-8-14-28-11-4-6-16-34(28)36)37-19-9-15-29-12-5-7-17-35(29)37;1-34(27-15-3-2-4-16-27)28-21-23-29(24-22-28)35(32-19-9-13-25-11-5-7-17-30(25)32)33-20-10-14-26-12-6-8-18-31(26)33/h2*2-26H,1H3;2-24H,1H3. The summed E-state index contributed by atoms with van der Waals surface area (Å²) in [6, 6.07) is 158. The van der Waals surface area contributed by atoms with E-state index in [-0.39, 0.29) is 0 Å². The molecule has 0 aliphatic heterocycles. The monoisotopic (exact) mass is 1450 g/mol. The number of nitrogens with zero attached hydrogens (tertiary/aromatic N) is 6. The fourth-order valence-electron chi connectivity index (χ4n) is 16.1. The largest absolute Gasteiger partial charge is 0.345 e. The first-order valence-corrected chi connectivity index (χ1v) is 38.6. The minimum Gasteiger partial charge on any atom is -0.345 e. The Kier molecular flexibility index (Phi) is 19.5. The second-order valence-corrected chi connectivity index (χ2v) is 28.6. The average Bonchev–Trinajstić information content (AvgIpc) is 0.770. The third-order valence-electron chi connectivity index (χ3n) is 21.9. The van der Waals surface area contributed by atoms with Crippen molar-refractivity contribution < 1.29 is 0 Å². The highest BCUT2D eigenvalue weighted by molar-refractivity contribution is 6.09. The van der Waals surface area contributed by atoms with Crippen molar-refractivity contribution in [2.75, 3.05) is 50.5 Å². The number of hydrogen-bond acceptors (Lipinski definition) is 6. The fraction of sp³-hybridized carbons (Fsp3) is 0.0280. The molecule has 20 aromatic rings. The van der Waals surface area contributed by atoms with Gasteiger partial charge in [-0.25, -0.2) is 0 Å². The molecule has 0 amide bonds. The third kappa shape index (κ3) is 14.1. The minimum atomic E-state index is 1.12. The van der Waals surface area contributed by atoms with Crippen LogP contribution in [0, 0.1) is 0 Å². The van der Waals surface area contributed by atoms with E-state index in [2.05, 4.69) is 487 Å². The predicted octanol–water partition coefficient (Wildman–Crippen LogP) is 30.0. The molecule has 0 aliphatic rings. The molecule has 6 nitrogen and oxygen atoms in total. The number of benzene rings is 20. The molecule has 0 atom stereocenters. The maximum atomic E-state index is 2.40. The van der Waals surface area contributed by atoms with E-state index in [0.29, 0.717) is 0 Å². The molecule has 0 fully saturated rings. The van der Waals surface area contributed by atoms with Gasteiger partial charge in [-0.2, -0.15) is 0 Å². The van der Waals surface area contributed by atoms with Crippen molar-refractivity contribution in [1.82, 2.24) is 0 Å². The fourth-order valence-corrected chi connectivity index (χ4v) is 16.1. The van der Waals surface area contributed by atoms with Gasteiger partial charge < -0.3 is 29.4 Å². The first kappa shape index (κ1) is 70.0. The Morgan fingerprint density at radius 2 is 0.319 bits per heavy atom. The first-order valence-electron chi connectivity index (χ1n) is 38.6. The van der Waals surface area contributed by atoms with Gasteiger partial charge in [-0.05, 0) is 188 Å². The molecule has 20 rings (SSSR count). The van der Waals surface area contributed by atoms with E-state index >= 15 is 0 Å². The molecular weight excluding hydrogens is 1370 g/mol. The van der Waals surface area contributed by atoms with Crippen molar-refractivity contribution in [2.24, 2.45) is 0 Å². The molecule has 0 N–H and O–H groups in total. The maximum Gasteiger partial charge on any atom is 0.0540 e. The van der Waals surface area contributed by atoms with Gasteiger partial charge in [0.2, 0.25) is 0 Å². The second-order valence-electron chi connectivity index (χ2n) is 28.6. The van der Waals surface area contributed by atoms with Crippen molar-refractivity contribution in [1.29, 1.82) is 0 Å². The van der Waals surface area contributed by atoms with Gasteiger partial charge in [0.05, 0.1) is 34.1 Å². The quantitative estimate of drug-likeness (QED) is 0.101. The van der Waals surface area contributed by atoms with Crippen molar-refractivity contribution in [2.45, 2.75) is 0 Å². The second kappa shape index (κ2) is 31.5. The number of hydrogen-bond donors (Lipinski definition) is 0. The highest BCUT2D eigenvalue weighted by Gasteiger charge is 2.23. The summed E-state index contributed by atoms with van der Waals surface area (Å²) >= 11 is 0. The summed E-state index contributed by atoms with van der Waals surface area (Å²) in [6.07, 6.45) is 0. The van der Waals surface area contributed by atoms with Crippen molar-refractivity contribution in [3.05, 3.63) is 443 Å². The summed E-state index contributed by atoms with van der Waals surface area (Å²) in [6.45, 7) is 0. The van der Waals surface area contributed by atoms with Gasteiger partial charge in [0.15, 0.2) is 0 Å². The van der Waals surface area contributed by atoms with Crippen LogP contribution in [0.15, 0.2) is 443 Å². The van der Waals surface area contributed by atoms with Crippen LogP contribution in [0.25, 0.3) is 86.2 Å². The Labute approximate surface area is 660 Å². The van der Waals surface area contributed by atoms with Crippen LogP contribution in [-0.2, 0) is 0 Å². The molecule has 0 radical (unpaired) electrons. The zero-order valence-electron chi connectivity index (χ0n) is 63.3. The molecule has 20 aromatic carbocycles. The molecule has 0 spiro atoms. The molecular formula is C107H82N6. The summed E-state index contributed by atoms with van der Waals surface area (Å²) in [5, 5.41) is 19.7. The van der Waals surface area contributed by atoms with E-state index in [1.807, 2.05) is 6.07 Å². The molecule has 0 heterocycles. The summed E-state index contributed by atoms with van der Waals surface area (Å²) < 4.78 is 0. The minimum absolute atomic E-state index is 1.12. The normalized spacial score (nSPS) is 11.1. The van der Waals surface area contributed by atoms with Crippen LogP contribution >= 0.6 is 0 Å². The molecule has 0 saturated heterocycles. The molecule has 540 valence electrons. The summed E-state index contributed by atoms with van der Waals surface area (Å²) in [7, 11) is 6.38. The van der Waals surface area contributed by atoms with Gasteiger partial charge in [0, 0.05) is 110 Å². The lowest BCUT2D eigenvalue weighted by Gasteiger charge is -2.29. The zero-order valence-corrected chi connectivity index (χ0v) is 63.3. The van der Waals surface area contributed by atoms with E-state index in [0.717, 1.165) is 34.1 Å². The van der Waals surface area contributed by atoms with Crippen LogP contribution in [-0.4, -0.2) is 21.1 Å². The summed E-state index contributed by atoms with van der Waals surface area (Å²) in [5.74, 6) is 0. The Morgan fingerprint density at radius 1 is 0.124 bits per heavy atom. The zero-order chi connectivity index (χ0) is 76.0. The topological polar surface area (TPSA) is 19.4 Å². The lowest BCUT2D eigenvalue weighted by atomic mass is 10.0. The molecule has 0 bridgehead atoms. The van der Waals surface area contributed by atoms with E-state index in [1.165, 1.54) is 137 Å². The Hall–Kier alpha value is -14.7. The lowest BCUT2D eigenvalue weighted by Crippen LogP contribution is -2.12. The van der Waals surface area contributed by atoms with Crippen molar-refractivity contribution >= 4 is 171 Å². The Balaban J connectivity index is 0.000000118. The van der Waals surface area contributed by atoms with Gasteiger partial charge >= 0.3 is 0 Å². The summed E-state index contributed by atoms with van der Waals surface area (Å²) in [5.41, 5.74) is 17.3. The molecule has 0 saturated carbocycles. The third-order valence-corrected chi connectivity index (χ3v) is 21.9. The predicted molar refractivity (Wildman–Crippen MR) is 487 cm³/mol. The SMILES string of the molecule is CN(c1ccc(N(c2cccc3ccccc23)c2cccc3ccccc23)cc1)c1ccc2ccccc2c1.CN(c1ccc(N(c2cccc3ccccc23)c2cccc3ccccc23)cc1)c1cccc2ccccc12.CN(c1ccccc1)c1ccc(N(c2cccc3ccccc23)c2cccc3ccccc23)cc1. The van der Waals surface area contributed by atoms with Crippen molar-refractivity contribution in [3.8, 4) is 0 Å². The van der Waals surface area contributed by atoms with E-state index in [1.54, 1.807) is 0 Å². The molecule has 6 heteroatoms. The van der Waals surface area contributed by atoms with Gasteiger partial charge in [-0.1, -0.05) is 303 Å². The average molecular weight is 1450 g/mol. The van der Waals surface area contributed by atoms with E-state index in [9.17, 15) is 0 Å². The van der Waals surface area contributed by atoms with Crippen LogP contribution in [0.4, 0.5) is 85.3 Å². The molecule has 0 aliphatic carbocycles. The highest BCUT2D eigenvalue weighted by Crippen LogP contribution is 2.47. The van der Waals surface area contributed by atoms with E-state index < -0.39 is 0 Å². The van der Waals surface area contributed by atoms with Gasteiger partial charge in [-0.3, -0.25) is 0 Å².